The van der Waals surface area contributed by atoms with E-state index >= 15 is 0 Å². The highest BCUT2D eigenvalue weighted by Gasteiger charge is 2.04. The maximum atomic E-state index is 5.74. The Kier molecular flexibility index (Phi) is 2.93. The molecule has 1 rings (SSSR count). The van der Waals surface area contributed by atoms with Gasteiger partial charge < -0.3 is 16.2 Å². The van der Waals surface area contributed by atoms with E-state index in [1.54, 1.807) is 25.3 Å². The summed E-state index contributed by atoms with van der Waals surface area (Å²) in [6.45, 7) is 3.61. The van der Waals surface area contributed by atoms with Crippen LogP contribution in [0, 0.1) is 0 Å². The average Bonchev–Trinajstić information content (AvgIpc) is 2.16. The summed E-state index contributed by atoms with van der Waals surface area (Å²) in [5, 5.41) is 0. The zero-order valence-corrected chi connectivity index (χ0v) is 7.66. The van der Waals surface area contributed by atoms with Gasteiger partial charge in [0.25, 0.3) is 0 Å². The molecule has 0 aliphatic heterocycles. The molecule has 1 aromatic rings. The molecule has 70 valence electrons. The summed E-state index contributed by atoms with van der Waals surface area (Å²) in [5.41, 5.74) is 13.0. The number of hydrogen-bond donors (Lipinski definition) is 2. The smallest absolute Gasteiger partial charge is 0.141 e. The molecular formula is C10H14N2O. The largest absolute Gasteiger partial charge is 0.495 e. The first-order valence-corrected chi connectivity index (χ1v) is 4.00. The van der Waals surface area contributed by atoms with Gasteiger partial charge in [-0.3, -0.25) is 0 Å². The minimum absolute atomic E-state index is 0.173. The molecule has 3 nitrogen and oxygen atoms in total. The normalized spacial score (nSPS) is 12.2. The lowest BCUT2D eigenvalue weighted by Crippen LogP contribution is -2.07. The lowest BCUT2D eigenvalue weighted by atomic mass is 10.1. The number of rotatable bonds is 3. The third kappa shape index (κ3) is 2.00. The maximum Gasteiger partial charge on any atom is 0.141 e. The molecule has 0 amide bonds. The van der Waals surface area contributed by atoms with Gasteiger partial charge in [0.05, 0.1) is 12.8 Å². The van der Waals surface area contributed by atoms with Crippen molar-refractivity contribution in [3.63, 3.8) is 0 Å². The molecule has 0 aliphatic rings. The summed E-state index contributed by atoms with van der Waals surface area (Å²) in [5.74, 6) is 0.667. The van der Waals surface area contributed by atoms with Gasteiger partial charge in [-0.15, -0.1) is 6.58 Å². The average molecular weight is 178 g/mol. The highest BCUT2D eigenvalue weighted by atomic mass is 16.5. The fourth-order valence-electron chi connectivity index (χ4n) is 1.10. The molecule has 0 saturated carbocycles. The zero-order chi connectivity index (χ0) is 9.84. The zero-order valence-electron chi connectivity index (χ0n) is 7.66. The predicted octanol–water partition coefficient (Wildman–Crippen LogP) is 1.46. The topological polar surface area (TPSA) is 61.3 Å². The van der Waals surface area contributed by atoms with Crippen LogP contribution >= 0.6 is 0 Å². The molecule has 1 atom stereocenters. The number of nitrogen functional groups attached to an aromatic ring is 1. The molecule has 0 bridgehead atoms. The minimum Gasteiger partial charge on any atom is -0.495 e. The summed E-state index contributed by atoms with van der Waals surface area (Å²) in [6.07, 6.45) is 1.67. The van der Waals surface area contributed by atoms with E-state index in [9.17, 15) is 0 Å². The highest BCUT2D eigenvalue weighted by molar-refractivity contribution is 5.55. The van der Waals surface area contributed by atoms with E-state index in [1.807, 2.05) is 6.07 Å². The van der Waals surface area contributed by atoms with E-state index in [4.69, 9.17) is 16.2 Å². The lowest BCUT2D eigenvalue weighted by Gasteiger charge is -2.09. The Morgan fingerprint density at radius 1 is 1.54 bits per heavy atom. The van der Waals surface area contributed by atoms with Crippen LogP contribution < -0.4 is 16.2 Å². The third-order valence-corrected chi connectivity index (χ3v) is 1.89. The van der Waals surface area contributed by atoms with Gasteiger partial charge in [0.1, 0.15) is 5.75 Å². The number of hydrogen-bond acceptors (Lipinski definition) is 3. The van der Waals surface area contributed by atoms with Crippen LogP contribution in [-0.4, -0.2) is 7.11 Å². The second-order valence-electron chi connectivity index (χ2n) is 2.76. The molecule has 0 radical (unpaired) electrons. The summed E-state index contributed by atoms with van der Waals surface area (Å²) < 4.78 is 5.02. The fourth-order valence-corrected chi connectivity index (χ4v) is 1.10. The molecule has 3 heteroatoms. The van der Waals surface area contributed by atoms with E-state index < -0.39 is 0 Å². The molecule has 0 spiro atoms. The fraction of sp³-hybridized carbons (Fsp3) is 0.200. The quantitative estimate of drug-likeness (QED) is 0.544. The van der Waals surface area contributed by atoms with Gasteiger partial charge in [-0.05, 0) is 17.7 Å². The molecule has 13 heavy (non-hydrogen) atoms. The van der Waals surface area contributed by atoms with Gasteiger partial charge in [0, 0.05) is 6.04 Å². The molecule has 1 aromatic carbocycles. The number of ether oxygens (including phenoxy) is 1. The molecular weight excluding hydrogens is 164 g/mol. The number of methoxy groups -OCH3 is 1. The first kappa shape index (κ1) is 9.61. The summed E-state index contributed by atoms with van der Waals surface area (Å²) in [6, 6.07) is 5.30. The molecule has 0 aliphatic carbocycles. The van der Waals surface area contributed by atoms with E-state index in [0.29, 0.717) is 11.4 Å². The minimum atomic E-state index is -0.173. The number of nitrogens with two attached hydrogens (primary N) is 2. The third-order valence-electron chi connectivity index (χ3n) is 1.89. The van der Waals surface area contributed by atoms with E-state index in [0.717, 1.165) is 5.56 Å². The molecule has 4 N–H and O–H groups in total. The van der Waals surface area contributed by atoms with Crippen molar-refractivity contribution in [2.75, 3.05) is 12.8 Å². The number of benzene rings is 1. The van der Waals surface area contributed by atoms with Crippen molar-refractivity contribution in [3.8, 4) is 5.75 Å². The van der Waals surface area contributed by atoms with Crippen molar-refractivity contribution < 1.29 is 4.74 Å². The highest BCUT2D eigenvalue weighted by Crippen LogP contribution is 2.24. The first-order chi connectivity index (χ1) is 6.19. The van der Waals surface area contributed by atoms with E-state index in [2.05, 4.69) is 6.58 Å². The van der Waals surface area contributed by atoms with Crippen LogP contribution in [0.2, 0.25) is 0 Å². The Labute approximate surface area is 78.0 Å². The van der Waals surface area contributed by atoms with Crippen LogP contribution in [0.3, 0.4) is 0 Å². The van der Waals surface area contributed by atoms with Gasteiger partial charge in [0.2, 0.25) is 0 Å². The molecule has 0 unspecified atom stereocenters. The second kappa shape index (κ2) is 3.96. The van der Waals surface area contributed by atoms with Crippen LogP contribution in [0.15, 0.2) is 30.9 Å². The molecule has 0 aromatic heterocycles. The van der Waals surface area contributed by atoms with Gasteiger partial charge >= 0.3 is 0 Å². The van der Waals surface area contributed by atoms with Crippen LogP contribution in [0.5, 0.6) is 5.75 Å². The molecule has 0 heterocycles. The van der Waals surface area contributed by atoms with Crippen molar-refractivity contribution in [2.24, 2.45) is 5.73 Å². The van der Waals surface area contributed by atoms with Crippen LogP contribution in [-0.2, 0) is 0 Å². The Hall–Kier alpha value is -1.48. The van der Waals surface area contributed by atoms with Crippen molar-refractivity contribution >= 4 is 5.69 Å². The van der Waals surface area contributed by atoms with Crippen molar-refractivity contribution in [2.45, 2.75) is 6.04 Å². The van der Waals surface area contributed by atoms with Gasteiger partial charge in [-0.25, -0.2) is 0 Å². The van der Waals surface area contributed by atoms with E-state index in [1.165, 1.54) is 0 Å². The molecule has 0 fully saturated rings. The summed E-state index contributed by atoms with van der Waals surface area (Å²) in [4.78, 5) is 0. The Bertz CT molecular complexity index is 310. The standard InChI is InChI=1S/C10H14N2O/c1-3-8(11)7-4-5-10(13-2)9(12)6-7/h3-6,8H,1,11-12H2,2H3/t8-/m1/s1. The SMILES string of the molecule is C=C[C@@H](N)c1ccc(OC)c(N)c1. The van der Waals surface area contributed by atoms with Crippen molar-refractivity contribution in [1.82, 2.24) is 0 Å². The number of anilines is 1. The Morgan fingerprint density at radius 3 is 2.69 bits per heavy atom. The lowest BCUT2D eigenvalue weighted by molar-refractivity contribution is 0.417. The summed E-state index contributed by atoms with van der Waals surface area (Å²) in [7, 11) is 1.58. The Morgan fingerprint density at radius 2 is 2.23 bits per heavy atom. The summed E-state index contributed by atoms with van der Waals surface area (Å²) >= 11 is 0. The van der Waals surface area contributed by atoms with Crippen molar-refractivity contribution in [1.29, 1.82) is 0 Å². The monoisotopic (exact) mass is 178 g/mol. The van der Waals surface area contributed by atoms with Crippen molar-refractivity contribution in [3.05, 3.63) is 36.4 Å². The maximum absolute atomic E-state index is 5.74. The van der Waals surface area contributed by atoms with Crippen LogP contribution in [0.1, 0.15) is 11.6 Å². The predicted molar refractivity (Wildman–Crippen MR) is 54.5 cm³/mol. The molecule has 0 saturated heterocycles. The Balaban J connectivity index is 3.02. The van der Waals surface area contributed by atoms with Crippen LogP contribution in [0.25, 0.3) is 0 Å². The second-order valence-corrected chi connectivity index (χ2v) is 2.76. The van der Waals surface area contributed by atoms with Gasteiger partial charge in [-0.2, -0.15) is 0 Å². The van der Waals surface area contributed by atoms with Crippen LogP contribution in [0.4, 0.5) is 5.69 Å². The van der Waals surface area contributed by atoms with Gasteiger partial charge in [-0.1, -0.05) is 12.1 Å². The first-order valence-electron chi connectivity index (χ1n) is 4.00. The van der Waals surface area contributed by atoms with E-state index in [-0.39, 0.29) is 6.04 Å². The van der Waals surface area contributed by atoms with Gasteiger partial charge in [0.15, 0.2) is 0 Å².